The summed E-state index contributed by atoms with van der Waals surface area (Å²) in [6, 6.07) is 5.13. The van der Waals surface area contributed by atoms with Gasteiger partial charge in [-0.15, -0.1) is 11.3 Å². The molecule has 0 atom stereocenters. The molecule has 1 aromatic carbocycles. The van der Waals surface area contributed by atoms with Crippen molar-refractivity contribution in [1.82, 2.24) is 4.98 Å². The van der Waals surface area contributed by atoms with E-state index in [-0.39, 0.29) is 5.75 Å². The summed E-state index contributed by atoms with van der Waals surface area (Å²) in [4.78, 5) is 5.47. The number of rotatable bonds is 3. The van der Waals surface area contributed by atoms with Gasteiger partial charge in [-0.1, -0.05) is 70.8 Å². The summed E-state index contributed by atoms with van der Waals surface area (Å²) in [5.74, 6) is 0.593. The number of nitrogens with zero attached hydrogens (tertiary/aromatic N) is 1. The lowest BCUT2D eigenvalue weighted by Gasteiger charge is -2.06. The second-order valence-electron chi connectivity index (χ2n) is 4.50. The molecule has 1 heterocycles. The van der Waals surface area contributed by atoms with Crippen LogP contribution in [0.3, 0.4) is 0 Å². The Morgan fingerprint density at radius 2 is 1.73 bits per heavy atom. The fourth-order valence-electron chi connectivity index (χ4n) is 1.72. The molecule has 0 aliphatic carbocycles. The van der Waals surface area contributed by atoms with Gasteiger partial charge >= 0.3 is 0 Å². The average molecular weight is 362 g/mol. The van der Waals surface area contributed by atoms with Crippen molar-refractivity contribution in [1.29, 1.82) is 0 Å². The number of benzene rings is 1. The molecular weight excluding hydrogens is 337 g/mol. The molecule has 0 radical (unpaired) electrons. The first kappa shape index (κ1) is 21.2. The summed E-state index contributed by atoms with van der Waals surface area (Å²) in [5.41, 5.74) is 1.68. The zero-order chi connectivity index (χ0) is 17.3. The van der Waals surface area contributed by atoms with E-state index in [1.54, 1.807) is 12.1 Å². The van der Waals surface area contributed by atoms with Crippen LogP contribution < -0.4 is 0 Å². The van der Waals surface area contributed by atoms with Crippen molar-refractivity contribution in [2.24, 2.45) is 5.92 Å². The van der Waals surface area contributed by atoms with Gasteiger partial charge in [0.2, 0.25) is 0 Å². The third kappa shape index (κ3) is 6.15. The second-order valence-corrected chi connectivity index (χ2v) is 6.58. The molecule has 2 rings (SSSR count). The Labute approximate surface area is 148 Å². The van der Waals surface area contributed by atoms with E-state index in [1.807, 2.05) is 33.8 Å². The number of phenols is 1. The first-order chi connectivity index (χ1) is 10.5. The Morgan fingerprint density at radius 1 is 1.14 bits per heavy atom. The van der Waals surface area contributed by atoms with Crippen molar-refractivity contribution >= 4 is 34.5 Å². The Hall–Kier alpha value is -0.770. The van der Waals surface area contributed by atoms with Gasteiger partial charge < -0.3 is 5.11 Å². The molecule has 5 heteroatoms. The van der Waals surface area contributed by atoms with E-state index in [4.69, 9.17) is 23.2 Å². The van der Waals surface area contributed by atoms with Gasteiger partial charge in [0.25, 0.3) is 0 Å². The van der Waals surface area contributed by atoms with E-state index >= 15 is 0 Å². The summed E-state index contributed by atoms with van der Waals surface area (Å²) in [6.07, 6.45) is 0.920. The highest BCUT2D eigenvalue weighted by Crippen LogP contribution is 2.35. The van der Waals surface area contributed by atoms with Gasteiger partial charge in [0.15, 0.2) is 4.47 Å². The first-order valence-electron chi connectivity index (χ1n) is 7.61. The summed E-state index contributed by atoms with van der Waals surface area (Å²) in [7, 11) is 0. The van der Waals surface area contributed by atoms with Crippen molar-refractivity contribution in [2.75, 3.05) is 0 Å². The SMILES string of the molecule is CC.CC.CC(C)Cc1sc(Cl)nc1-c1ccc(Cl)c(O)c1. The minimum absolute atomic E-state index is 0.0637. The van der Waals surface area contributed by atoms with Gasteiger partial charge in [-0.05, 0) is 24.5 Å². The molecule has 0 spiro atoms. The van der Waals surface area contributed by atoms with Crippen LogP contribution in [-0.2, 0) is 6.42 Å². The van der Waals surface area contributed by atoms with Crippen LogP contribution in [-0.4, -0.2) is 10.1 Å². The van der Waals surface area contributed by atoms with Gasteiger partial charge in [-0.3, -0.25) is 0 Å². The highest BCUT2D eigenvalue weighted by Gasteiger charge is 2.14. The molecule has 1 aromatic heterocycles. The Morgan fingerprint density at radius 3 is 2.23 bits per heavy atom. The molecule has 0 saturated heterocycles. The van der Waals surface area contributed by atoms with Crippen molar-refractivity contribution in [3.63, 3.8) is 0 Å². The molecule has 0 unspecified atom stereocenters. The van der Waals surface area contributed by atoms with Gasteiger partial charge in [0, 0.05) is 10.4 Å². The van der Waals surface area contributed by atoms with E-state index in [1.165, 1.54) is 11.3 Å². The average Bonchev–Trinajstić information content (AvgIpc) is 2.86. The lowest BCUT2D eigenvalue weighted by molar-refractivity contribution is 0.476. The topological polar surface area (TPSA) is 33.1 Å². The normalized spacial score (nSPS) is 9.68. The van der Waals surface area contributed by atoms with Crippen LogP contribution in [0.1, 0.15) is 46.4 Å². The maximum absolute atomic E-state index is 9.65. The molecule has 0 saturated carbocycles. The third-order valence-electron chi connectivity index (χ3n) is 2.48. The zero-order valence-corrected chi connectivity index (χ0v) is 16.4. The second kappa shape index (κ2) is 10.9. The largest absolute Gasteiger partial charge is 0.506 e. The number of phenolic OH excluding ortho intramolecular Hbond substituents is 1. The molecule has 0 aliphatic rings. The fraction of sp³-hybridized carbons (Fsp3) is 0.471. The van der Waals surface area contributed by atoms with Crippen molar-refractivity contribution in [3.05, 3.63) is 32.6 Å². The van der Waals surface area contributed by atoms with E-state index in [0.29, 0.717) is 15.4 Å². The van der Waals surface area contributed by atoms with Crippen molar-refractivity contribution in [3.8, 4) is 17.0 Å². The number of thiazole rings is 1. The zero-order valence-electron chi connectivity index (χ0n) is 14.1. The molecule has 124 valence electrons. The third-order valence-corrected chi connectivity index (χ3v) is 3.99. The van der Waals surface area contributed by atoms with Crippen LogP contribution in [0.25, 0.3) is 11.3 Å². The van der Waals surface area contributed by atoms with Crippen molar-refractivity contribution in [2.45, 2.75) is 48.0 Å². The van der Waals surface area contributed by atoms with E-state index in [0.717, 1.165) is 22.6 Å². The molecule has 1 N–H and O–H groups in total. The van der Waals surface area contributed by atoms with Gasteiger partial charge in [0.05, 0.1) is 10.7 Å². The number of halogens is 2. The lowest BCUT2D eigenvalue weighted by atomic mass is 10.0. The number of aromatic nitrogens is 1. The highest BCUT2D eigenvalue weighted by molar-refractivity contribution is 7.16. The molecule has 2 nitrogen and oxygen atoms in total. The Balaban J connectivity index is 0.00000102. The van der Waals surface area contributed by atoms with Crippen LogP contribution in [0.2, 0.25) is 9.49 Å². The van der Waals surface area contributed by atoms with Crippen LogP contribution in [0.4, 0.5) is 0 Å². The molecule has 2 aromatic rings. The molecule has 0 amide bonds. The smallest absolute Gasteiger partial charge is 0.184 e. The number of hydrogen-bond acceptors (Lipinski definition) is 3. The first-order valence-corrected chi connectivity index (χ1v) is 9.18. The molecule has 0 fully saturated rings. The quantitative estimate of drug-likeness (QED) is 0.633. The molecular formula is C17H25Cl2NOS. The van der Waals surface area contributed by atoms with Crippen molar-refractivity contribution < 1.29 is 5.11 Å². The molecule has 22 heavy (non-hydrogen) atoms. The fourth-order valence-corrected chi connectivity index (χ4v) is 3.22. The standard InChI is InChI=1S/C13H13Cl2NOS.2C2H6/c1-7(2)5-11-12(16-13(15)18-11)8-3-4-9(14)10(17)6-8;2*1-2/h3-4,6-7,17H,5H2,1-2H3;2*1-2H3. The minimum Gasteiger partial charge on any atom is -0.506 e. The predicted molar refractivity (Wildman–Crippen MR) is 100 cm³/mol. The predicted octanol–water partition coefficient (Wildman–Crippen LogP) is 7.07. The van der Waals surface area contributed by atoms with Gasteiger partial charge in [-0.2, -0.15) is 0 Å². The van der Waals surface area contributed by atoms with Crippen LogP contribution in [0, 0.1) is 5.92 Å². The van der Waals surface area contributed by atoms with E-state index in [9.17, 15) is 5.11 Å². The summed E-state index contributed by atoms with van der Waals surface area (Å²) < 4.78 is 0.523. The minimum atomic E-state index is 0.0637. The Kier molecular flexibility index (Phi) is 10.5. The maximum Gasteiger partial charge on any atom is 0.184 e. The summed E-state index contributed by atoms with van der Waals surface area (Å²) in [5, 5.41) is 9.99. The van der Waals surface area contributed by atoms with Gasteiger partial charge in [-0.25, -0.2) is 4.98 Å². The maximum atomic E-state index is 9.65. The van der Waals surface area contributed by atoms with E-state index < -0.39 is 0 Å². The Bertz CT molecular complexity index is 568. The van der Waals surface area contributed by atoms with Crippen LogP contribution >= 0.6 is 34.5 Å². The van der Waals surface area contributed by atoms with Crippen LogP contribution in [0.15, 0.2) is 18.2 Å². The lowest BCUT2D eigenvalue weighted by Crippen LogP contribution is -1.93. The number of aromatic hydroxyl groups is 1. The van der Waals surface area contributed by atoms with Gasteiger partial charge in [0.1, 0.15) is 5.75 Å². The van der Waals surface area contributed by atoms with E-state index in [2.05, 4.69) is 18.8 Å². The molecule has 0 aliphatic heterocycles. The highest BCUT2D eigenvalue weighted by atomic mass is 35.5. The van der Waals surface area contributed by atoms with Crippen LogP contribution in [0.5, 0.6) is 5.75 Å². The number of hydrogen-bond donors (Lipinski definition) is 1. The summed E-state index contributed by atoms with van der Waals surface area (Å²) in [6.45, 7) is 12.3. The summed E-state index contributed by atoms with van der Waals surface area (Å²) >= 11 is 13.3. The molecule has 0 bridgehead atoms. The monoisotopic (exact) mass is 361 g/mol.